The van der Waals surface area contributed by atoms with Crippen LogP contribution in [0.15, 0.2) is 24.4 Å². The van der Waals surface area contributed by atoms with E-state index < -0.39 is 0 Å². The number of halogens is 1. The third kappa shape index (κ3) is 3.57. The minimum absolute atomic E-state index is 0.692. The first-order valence-corrected chi connectivity index (χ1v) is 4.50. The Labute approximate surface area is 83.8 Å². The van der Waals surface area contributed by atoms with Crippen molar-refractivity contribution in [2.75, 3.05) is 20.6 Å². The standard InChI is InChI=1S/C10H13ClN2/c1-13(2)8-4-6-10-9(11)5-3-7-12-10/h3-7H,8H2,1-2H3. The van der Waals surface area contributed by atoms with E-state index in [4.69, 9.17) is 11.6 Å². The highest BCUT2D eigenvalue weighted by Gasteiger charge is 1.94. The molecule has 0 unspecified atom stereocenters. The third-order valence-corrected chi connectivity index (χ3v) is 1.85. The molecule has 0 spiro atoms. The van der Waals surface area contributed by atoms with Gasteiger partial charge in [-0.25, -0.2) is 0 Å². The first-order valence-electron chi connectivity index (χ1n) is 4.12. The van der Waals surface area contributed by atoms with Crippen LogP contribution in [0.2, 0.25) is 5.02 Å². The molecule has 0 fully saturated rings. The van der Waals surface area contributed by atoms with E-state index in [0.717, 1.165) is 12.2 Å². The predicted molar refractivity (Wildman–Crippen MR) is 56.8 cm³/mol. The lowest BCUT2D eigenvalue weighted by Gasteiger charge is -2.03. The topological polar surface area (TPSA) is 16.1 Å². The van der Waals surface area contributed by atoms with Gasteiger partial charge in [0.1, 0.15) is 0 Å². The van der Waals surface area contributed by atoms with Gasteiger partial charge in [0, 0.05) is 12.7 Å². The summed E-state index contributed by atoms with van der Waals surface area (Å²) < 4.78 is 0. The van der Waals surface area contributed by atoms with Crippen LogP contribution in [-0.4, -0.2) is 30.5 Å². The molecule has 0 saturated carbocycles. The quantitative estimate of drug-likeness (QED) is 0.738. The molecule has 2 nitrogen and oxygen atoms in total. The molecule has 1 rings (SSSR count). The zero-order chi connectivity index (χ0) is 9.68. The Morgan fingerprint density at radius 1 is 1.54 bits per heavy atom. The number of likely N-dealkylation sites (N-methyl/N-ethyl adjacent to an activating group) is 1. The molecule has 0 saturated heterocycles. The lowest BCUT2D eigenvalue weighted by molar-refractivity contribution is 0.457. The smallest absolute Gasteiger partial charge is 0.0813 e. The summed E-state index contributed by atoms with van der Waals surface area (Å²) in [5.74, 6) is 0. The molecule has 3 heteroatoms. The van der Waals surface area contributed by atoms with Gasteiger partial charge in [-0.2, -0.15) is 0 Å². The van der Waals surface area contributed by atoms with Gasteiger partial charge in [0.15, 0.2) is 0 Å². The second-order valence-electron chi connectivity index (χ2n) is 3.04. The third-order valence-electron chi connectivity index (χ3n) is 1.53. The van der Waals surface area contributed by atoms with Crippen molar-refractivity contribution in [3.8, 4) is 0 Å². The molecule has 0 atom stereocenters. The van der Waals surface area contributed by atoms with Gasteiger partial charge in [0.25, 0.3) is 0 Å². The van der Waals surface area contributed by atoms with Gasteiger partial charge in [-0.15, -0.1) is 0 Å². The summed E-state index contributed by atoms with van der Waals surface area (Å²) in [4.78, 5) is 6.21. The summed E-state index contributed by atoms with van der Waals surface area (Å²) in [5, 5.41) is 0.692. The average Bonchev–Trinajstić information content (AvgIpc) is 2.08. The number of rotatable bonds is 3. The molecule has 1 heterocycles. The van der Waals surface area contributed by atoms with Crippen molar-refractivity contribution in [2.45, 2.75) is 0 Å². The van der Waals surface area contributed by atoms with Crippen LogP contribution in [0.4, 0.5) is 0 Å². The van der Waals surface area contributed by atoms with E-state index in [1.165, 1.54) is 0 Å². The van der Waals surface area contributed by atoms with Crippen LogP contribution >= 0.6 is 11.6 Å². The maximum Gasteiger partial charge on any atom is 0.0813 e. The van der Waals surface area contributed by atoms with E-state index in [2.05, 4.69) is 9.88 Å². The second-order valence-corrected chi connectivity index (χ2v) is 3.44. The Morgan fingerprint density at radius 3 is 2.92 bits per heavy atom. The number of hydrogen-bond donors (Lipinski definition) is 0. The molecular weight excluding hydrogens is 184 g/mol. The number of pyridine rings is 1. The Kier molecular flexibility index (Phi) is 3.93. The SMILES string of the molecule is CN(C)CC=Cc1ncccc1Cl. The number of hydrogen-bond acceptors (Lipinski definition) is 2. The van der Waals surface area contributed by atoms with Crippen LogP contribution in [0.5, 0.6) is 0 Å². The zero-order valence-corrected chi connectivity index (χ0v) is 8.62. The first kappa shape index (κ1) is 10.2. The van der Waals surface area contributed by atoms with Crippen molar-refractivity contribution in [3.63, 3.8) is 0 Å². The molecular formula is C10H13ClN2. The van der Waals surface area contributed by atoms with E-state index >= 15 is 0 Å². The molecule has 0 aromatic carbocycles. The largest absolute Gasteiger partial charge is 0.306 e. The fourth-order valence-corrected chi connectivity index (χ4v) is 1.08. The van der Waals surface area contributed by atoms with Gasteiger partial charge in [-0.05, 0) is 32.3 Å². The predicted octanol–water partition coefficient (Wildman–Crippen LogP) is 2.31. The number of aromatic nitrogens is 1. The second kappa shape index (κ2) is 5.00. The number of nitrogens with zero attached hydrogens (tertiary/aromatic N) is 2. The van der Waals surface area contributed by atoms with Crippen LogP contribution < -0.4 is 0 Å². The van der Waals surface area contributed by atoms with Gasteiger partial charge in [-0.3, -0.25) is 4.98 Å². The van der Waals surface area contributed by atoms with E-state index in [-0.39, 0.29) is 0 Å². The highest BCUT2D eigenvalue weighted by atomic mass is 35.5. The van der Waals surface area contributed by atoms with Crippen molar-refractivity contribution in [3.05, 3.63) is 35.1 Å². The summed E-state index contributed by atoms with van der Waals surface area (Å²) in [7, 11) is 4.04. The minimum atomic E-state index is 0.692. The Bertz CT molecular complexity index is 295. The molecule has 0 aliphatic heterocycles. The van der Waals surface area contributed by atoms with E-state index in [1.807, 2.05) is 38.4 Å². The van der Waals surface area contributed by atoms with Gasteiger partial charge >= 0.3 is 0 Å². The molecule has 0 aliphatic rings. The van der Waals surface area contributed by atoms with Crippen LogP contribution in [0, 0.1) is 0 Å². The van der Waals surface area contributed by atoms with Crippen molar-refractivity contribution in [1.29, 1.82) is 0 Å². The molecule has 70 valence electrons. The van der Waals surface area contributed by atoms with Crippen molar-refractivity contribution < 1.29 is 0 Å². The van der Waals surface area contributed by atoms with E-state index in [1.54, 1.807) is 6.20 Å². The fraction of sp³-hybridized carbons (Fsp3) is 0.300. The van der Waals surface area contributed by atoms with E-state index in [9.17, 15) is 0 Å². The molecule has 1 aromatic rings. The minimum Gasteiger partial charge on any atom is -0.306 e. The Hall–Kier alpha value is -0.860. The molecule has 0 bridgehead atoms. The highest BCUT2D eigenvalue weighted by Crippen LogP contribution is 2.13. The molecule has 0 N–H and O–H groups in total. The summed E-state index contributed by atoms with van der Waals surface area (Å²) in [6.07, 6.45) is 5.71. The normalized spacial score (nSPS) is 11.4. The van der Waals surface area contributed by atoms with Gasteiger partial charge in [0.05, 0.1) is 10.7 Å². The lowest BCUT2D eigenvalue weighted by atomic mass is 10.3. The van der Waals surface area contributed by atoms with Crippen LogP contribution in [-0.2, 0) is 0 Å². The summed E-state index contributed by atoms with van der Waals surface area (Å²) >= 11 is 5.91. The van der Waals surface area contributed by atoms with E-state index in [0.29, 0.717) is 5.02 Å². The van der Waals surface area contributed by atoms with Gasteiger partial charge in [0.2, 0.25) is 0 Å². The van der Waals surface area contributed by atoms with Crippen molar-refractivity contribution >= 4 is 17.7 Å². The molecule has 1 aromatic heterocycles. The Balaban J connectivity index is 2.63. The van der Waals surface area contributed by atoms with Crippen LogP contribution in [0.1, 0.15) is 5.69 Å². The molecule has 0 aliphatic carbocycles. The first-order chi connectivity index (χ1) is 6.20. The Morgan fingerprint density at radius 2 is 2.31 bits per heavy atom. The summed E-state index contributed by atoms with van der Waals surface area (Å²) in [6, 6.07) is 3.66. The maximum absolute atomic E-state index is 5.91. The molecule has 0 radical (unpaired) electrons. The monoisotopic (exact) mass is 196 g/mol. The molecule has 0 amide bonds. The van der Waals surface area contributed by atoms with Gasteiger partial charge < -0.3 is 4.90 Å². The zero-order valence-electron chi connectivity index (χ0n) is 7.87. The maximum atomic E-state index is 5.91. The fourth-order valence-electron chi connectivity index (χ4n) is 0.896. The molecule has 13 heavy (non-hydrogen) atoms. The van der Waals surface area contributed by atoms with Crippen LogP contribution in [0.25, 0.3) is 6.08 Å². The van der Waals surface area contributed by atoms with Gasteiger partial charge in [-0.1, -0.05) is 17.7 Å². The van der Waals surface area contributed by atoms with Crippen molar-refractivity contribution in [1.82, 2.24) is 9.88 Å². The van der Waals surface area contributed by atoms with Crippen LogP contribution in [0.3, 0.4) is 0 Å². The van der Waals surface area contributed by atoms with Crippen molar-refractivity contribution in [2.24, 2.45) is 0 Å². The highest BCUT2D eigenvalue weighted by molar-refractivity contribution is 6.31. The average molecular weight is 197 g/mol. The summed E-state index contributed by atoms with van der Waals surface area (Å²) in [6.45, 7) is 0.896. The lowest BCUT2D eigenvalue weighted by Crippen LogP contribution is -2.10. The summed E-state index contributed by atoms with van der Waals surface area (Å²) in [5.41, 5.74) is 0.825.